The standard InChI is InChI=1S/C13H26N2O.ClH/c1-13(2,3)9-8-12(16)15-11-6-4-10(14)5-7-11;/h10-11H,4-9,14H2,1-3H3,(H,15,16);1H. The van der Waals surface area contributed by atoms with E-state index >= 15 is 0 Å². The number of amides is 1. The van der Waals surface area contributed by atoms with Crippen LogP contribution in [0.15, 0.2) is 0 Å². The van der Waals surface area contributed by atoms with Crippen molar-refractivity contribution in [3.63, 3.8) is 0 Å². The van der Waals surface area contributed by atoms with E-state index in [-0.39, 0.29) is 23.7 Å². The first kappa shape index (κ1) is 16.7. The van der Waals surface area contributed by atoms with Crippen molar-refractivity contribution in [1.29, 1.82) is 0 Å². The first-order chi connectivity index (χ1) is 7.37. The SMILES string of the molecule is CC(C)(C)CCC(=O)NC1CCC(N)CC1.Cl. The minimum atomic E-state index is 0. The van der Waals surface area contributed by atoms with Gasteiger partial charge in [-0.05, 0) is 37.5 Å². The second-order valence-corrected chi connectivity index (χ2v) is 6.24. The van der Waals surface area contributed by atoms with Crippen molar-refractivity contribution < 1.29 is 4.79 Å². The van der Waals surface area contributed by atoms with E-state index in [1.165, 1.54) is 0 Å². The van der Waals surface area contributed by atoms with Crippen LogP contribution >= 0.6 is 12.4 Å². The van der Waals surface area contributed by atoms with Crippen LogP contribution in [0.2, 0.25) is 0 Å². The highest BCUT2D eigenvalue weighted by Gasteiger charge is 2.20. The first-order valence-corrected chi connectivity index (χ1v) is 6.42. The number of rotatable bonds is 3. The molecule has 1 saturated carbocycles. The maximum Gasteiger partial charge on any atom is 0.220 e. The molecule has 0 aromatic heterocycles. The van der Waals surface area contributed by atoms with E-state index in [1.54, 1.807) is 0 Å². The molecule has 17 heavy (non-hydrogen) atoms. The van der Waals surface area contributed by atoms with Crippen LogP contribution in [0, 0.1) is 5.41 Å². The number of hydrogen-bond donors (Lipinski definition) is 2. The molecular formula is C13H27ClN2O. The smallest absolute Gasteiger partial charge is 0.220 e. The zero-order valence-electron chi connectivity index (χ0n) is 11.3. The van der Waals surface area contributed by atoms with E-state index in [1.807, 2.05) is 0 Å². The third-order valence-electron chi connectivity index (χ3n) is 3.24. The van der Waals surface area contributed by atoms with E-state index in [0.717, 1.165) is 32.1 Å². The summed E-state index contributed by atoms with van der Waals surface area (Å²) >= 11 is 0. The Morgan fingerprint density at radius 3 is 2.24 bits per heavy atom. The lowest BCUT2D eigenvalue weighted by atomic mass is 9.89. The molecule has 0 unspecified atom stereocenters. The van der Waals surface area contributed by atoms with E-state index < -0.39 is 0 Å². The Morgan fingerprint density at radius 2 is 1.76 bits per heavy atom. The van der Waals surface area contributed by atoms with Gasteiger partial charge in [0.15, 0.2) is 0 Å². The zero-order chi connectivity index (χ0) is 12.2. The number of nitrogens with two attached hydrogens (primary N) is 1. The highest BCUT2D eigenvalue weighted by molar-refractivity contribution is 5.85. The van der Waals surface area contributed by atoms with Crippen LogP contribution in [0.4, 0.5) is 0 Å². The summed E-state index contributed by atoms with van der Waals surface area (Å²) in [6, 6.07) is 0.718. The van der Waals surface area contributed by atoms with Crippen LogP contribution in [0.25, 0.3) is 0 Å². The molecule has 0 aliphatic heterocycles. The van der Waals surface area contributed by atoms with Gasteiger partial charge in [-0.25, -0.2) is 0 Å². The summed E-state index contributed by atoms with van der Waals surface area (Å²) in [5.74, 6) is 0.204. The summed E-state index contributed by atoms with van der Waals surface area (Å²) in [7, 11) is 0. The summed E-state index contributed by atoms with van der Waals surface area (Å²) in [6.07, 6.45) is 5.77. The normalized spacial score (nSPS) is 24.9. The van der Waals surface area contributed by atoms with Crippen molar-refractivity contribution in [3.8, 4) is 0 Å². The monoisotopic (exact) mass is 262 g/mol. The van der Waals surface area contributed by atoms with Gasteiger partial charge >= 0.3 is 0 Å². The molecule has 0 bridgehead atoms. The van der Waals surface area contributed by atoms with Crippen molar-refractivity contribution in [2.24, 2.45) is 11.1 Å². The van der Waals surface area contributed by atoms with Gasteiger partial charge in [0.25, 0.3) is 0 Å². The molecule has 3 N–H and O–H groups in total. The summed E-state index contributed by atoms with van der Waals surface area (Å²) in [6.45, 7) is 6.50. The Labute approximate surface area is 111 Å². The molecule has 1 fully saturated rings. The van der Waals surface area contributed by atoms with Crippen molar-refractivity contribution in [3.05, 3.63) is 0 Å². The van der Waals surface area contributed by atoms with Crippen LogP contribution in [0.5, 0.6) is 0 Å². The van der Waals surface area contributed by atoms with Gasteiger partial charge in [-0.15, -0.1) is 12.4 Å². The fourth-order valence-corrected chi connectivity index (χ4v) is 2.05. The van der Waals surface area contributed by atoms with E-state index in [9.17, 15) is 4.79 Å². The predicted octanol–water partition coefficient (Wildman–Crippen LogP) is 2.62. The molecule has 1 rings (SSSR count). The Morgan fingerprint density at radius 1 is 1.24 bits per heavy atom. The molecule has 102 valence electrons. The quantitative estimate of drug-likeness (QED) is 0.822. The molecule has 0 spiro atoms. The fourth-order valence-electron chi connectivity index (χ4n) is 2.05. The van der Waals surface area contributed by atoms with Gasteiger partial charge in [0.2, 0.25) is 5.91 Å². The molecule has 1 aliphatic carbocycles. The molecule has 0 radical (unpaired) electrons. The van der Waals surface area contributed by atoms with Gasteiger partial charge in [-0.2, -0.15) is 0 Å². The highest BCUT2D eigenvalue weighted by Crippen LogP contribution is 2.21. The van der Waals surface area contributed by atoms with Crippen molar-refractivity contribution in [2.45, 2.75) is 71.4 Å². The van der Waals surface area contributed by atoms with Crippen LogP contribution in [-0.4, -0.2) is 18.0 Å². The molecule has 1 aliphatic rings. The lowest BCUT2D eigenvalue weighted by Crippen LogP contribution is -2.40. The Balaban J connectivity index is 0.00000256. The third-order valence-corrected chi connectivity index (χ3v) is 3.24. The van der Waals surface area contributed by atoms with Crippen LogP contribution < -0.4 is 11.1 Å². The van der Waals surface area contributed by atoms with Crippen LogP contribution in [-0.2, 0) is 4.79 Å². The summed E-state index contributed by atoms with van der Waals surface area (Å²) in [5, 5.41) is 3.12. The second kappa shape index (κ2) is 7.22. The Hall–Kier alpha value is -0.280. The van der Waals surface area contributed by atoms with Gasteiger partial charge in [0, 0.05) is 18.5 Å². The van der Waals surface area contributed by atoms with Gasteiger partial charge in [-0.3, -0.25) is 4.79 Å². The summed E-state index contributed by atoms with van der Waals surface area (Å²) in [5.41, 5.74) is 6.07. The van der Waals surface area contributed by atoms with E-state index in [2.05, 4.69) is 26.1 Å². The maximum absolute atomic E-state index is 11.7. The Bertz CT molecular complexity index is 230. The highest BCUT2D eigenvalue weighted by atomic mass is 35.5. The molecule has 3 nitrogen and oxygen atoms in total. The van der Waals surface area contributed by atoms with Crippen molar-refractivity contribution in [2.75, 3.05) is 0 Å². The minimum Gasteiger partial charge on any atom is -0.353 e. The van der Waals surface area contributed by atoms with Gasteiger partial charge in [0.1, 0.15) is 0 Å². The van der Waals surface area contributed by atoms with Gasteiger partial charge in [-0.1, -0.05) is 20.8 Å². The van der Waals surface area contributed by atoms with Crippen molar-refractivity contribution in [1.82, 2.24) is 5.32 Å². The average Bonchev–Trinajstić information content (AvgIpc) is 2.18. The fraction of sp³-hybridized carbons (Fsp3) is 0.923. The lowest BCUT2D eigenvalue weighted by Gasteiger charge is -2.27. The van der Waals surface area contributed by atoms with E-state index in [4.69, 9.17) is 5.73 Å². The van der Waals surface area contributed by atoms with Crippen molar-refractivity contribution >= 4 is 18.3 Å². The van der Waals surface area contributed by atoms with E-state index in [0.29, 0.717) is 18.5 Å². The second-order valence-electron chi connectivity index (χ2n) is 6.24. The average molecular weight is 263 g/mol. The topological polar surface area (TPSA) is 55.1 Å². The lowest BCUT2D eigenvalue weighted by molar-refractivity contribution is -0.122. The van der Waals surface area contributed by atoms with Gasteiger partial charge < -0.3 is 11.1 Å². The number of carbonyl (C=O) groups excluding carboxylic acids is 1. The summed E-state index contributed by atoms with van der Waals surface area (Å²) < 4.78 is 0. The first-order valence-electron chi connectivity index (χ1n) is 6.42. The summed E-state index contributed by atoms with van der Waals surface area (Å²) in [4.78, 5) is 11.7. The predicted molar refractivity (Wildman–Crippen MR) is 74.3 cm³/mol. The van der Waals surface area contributed by atoms with Crippen LogP contribution in [0.3, 0.4) is 0 Å². The third kappa shape index (κ3) is 7.61. The number of halogens is 1. The molecule has 0 heterocycles. The number of hydrogen-bond acceptors (Lipinski definition) is 2. The molecular weight excluding hydrogens is 236 g/mol. The zero-order valence-corrected chi connectivity index (χ0v) is 12.1. The van der Waals surface area contributed by atoms with Crippen LogP contribution in [0.1, 0.15) is 59.3 Å². The maximum atomic E-state index is 11.7. The molecule has 4 heteroatoms. The Kier molecular flexibility index (Phi) is 7.10. The number of nitrogens with one attached hydrogen (secondary N) is 1. The molecule has 0 aromatic carbocycles. The molecule has 1 amide bonds. The number of carbonyl (C=O) groups is 1. The minimum absolute atomic E-state index is 0. The molecule has 0 atom stereocenters. The largest absolute Gasteiger partial charge is 0.353 e. The van der Waals surface area contributed by atoms with Gasteiger partial charge in [0.05, 0.1) is 0 Å². The molecule has 0 aromatic rings. The molecule has 0 saturated heterocycles.